The number of hydrogen-bond acceptors (Lipinski definition) is 9. The second-order valence-corrected chi connectivity index (χ2v) is 14.4. The van der Waals surface area contributed by atoms with Crippen molar-refractivity contribution in [3.05, 3.63) is 59.2 Å². The SMILES string of the molecule is CC(C)CCC1(COC(=O)NC(C)C)C(=O)C(C2=NS(=O)(=O)c3cc(NS(C)(=O)=O)ccc3N2)=C(O)c2ccccc21. The summed E-state index contributed by atoms with van der Waals surface area (Å²) in [5.41, 5.74) is -1.04. The van der Waals surface area contributed by atoms with E-state index in [4.69, 9.17) is 4.74 Å². The predicted molar refractivity (Wildman–Crippen MR) is 160 cm³/mol. The van der Waals surface area contributed by atoms with Crippen molar-refractivity contribution in [3.8, 4) is 0 Å². The summed E-state index contributed by atoms with van der Waals surface area (Å²) in [6, 6.07) is 10.2. The highest BCUT2D eigenvalue weighted by molar-refractivity contribution is 7.92. The largest absolute Gasteiger partial charge is 0.506 e. The molecular formula is C28H34N4O8S2. The molecule has 0 spiro atoms. The lowest BCUT2D eigenvalue weighted by Crippen LogP contribution is -2.48. The Hall–Kier alpha value is -3.91. The molecule has 0 bridgehead atoms. The Kier molecular flexibility index (Phi) is 8.43. The number of alkyl carbamates (subject to hydrolysis) is 1. The lowest BCUT2D eigenvalue weighted by Gasteiger charge is -2.39. The van der Waals surface area contributed by atoms with Crippen LogP contribution in [0.4, 0.5) is 16.2 Å². The van der Waals surface area contributed by atoms with Gasteiger partial charge in [-0.05, 0) is 56.4 Å². The molecule has 1 unspecified atom stereocenters. The molecule has 0 saturated heterocycles. The van der Waals surface area contributed by atoms with Gasteiger partial charge in [0, 0.05) is 17.3 Å². The van der Waals surface area contributed by atoms with Crippen LogP contribution in [0.15, 0.2) is 57.3 Å². The molecule has 4 rings (SSSR count). The average Bonchev–Trinajstić information content (AvgIpc) is 2.87. The fraction of sp³-hybridized carbons (Fsp3) is 0.393. The first-order chi connectivity index (χ1) is 19.5. The van der Waals surface area contributed by atoms with Gasteiger partial charge >= 0.3 is 6.09 Å². The van der Waals surface area contributed by atoms with E-state index in [0.717, 1.165) is 12.3 Å². The van der Waals surface area contributed by atoms with Crippen molar-refractivity contribution in [2.24, 2.45) is 10.3 Å². The topological polar surface area (TPSA) is 180 Å². The number of ether oxygens (including phenoxy) is 1. The number of carbonyl (C=O) groups excluding carboxylic acids is 2. The fourth-order valence-corrected chi connectivity index (χ4v) is 6.64. The minimum atomic E-state index is -4.45. The summed E-state index contributed by atoms with van der Waals surface area (Å²) in [7, 11) is -8.13. The molecule has 1 aliphatic carbocycles. The Balaban J connectivity index is 1.85. The van der Waals surface area contributed by atoms with E-state index in [9.17, 15) is 31.5 Å². The highest BCUT2D eigenvalue weighted by atomic mass is 32.2. The van der Waals surface area contributed by atoms with Crippen molar-refractivity contribution in [2.75, 3.05) is 22.9 Å². The van der Waals surface area contributed by atoms with Crippen molar-refractivity contribution in [2.45, 2.75) is 56.9 Å². The second kappa shape index (κ2) is 11.4. The summed E-state index contributed by atoms with van der Waals surface area (Å²) in [6.07, 6.45) is 1.01. The summed E-state index contributed by atoms with van der Waals surface area (Å²) in [5, 5.41) is 16.9. The Labute approximate surface area is 245 Å². The molecule has 0 aromatic heterocycles. The Morgan fingerprint density at radius 3 is 2.48 bits per heavy atom. The van der Waals surface area contributed by atoms with E-state index in [1.807, 2.05) is 13.8 Å². The van der Waals surface area contributed by atoms with Gasteiger partial charge in [-0.2, -0.15) is 8.42 Å². The number of aliphatic hydroxyl groups excluding tert-OH is 1. The summed E-state index contributed by atoms with van der Waals surface area (Å²) in [6.45, 7) is 7.14. The maximum absolute atomic E-state index is 14.5. The molecule has 0 fully saturated rings. The summed E-state index contributed by atoms with van der Waals surface area (Å²) < 4.78 is 61.5. The molecule has 2 aromatic carbocycles. The lowest BCUT2D eigenvalue weighted by atomic mass is 9.65. The highest BCUT2D eigenvalue weighted by Gasteiger charge is 2.50. The molecule has 1 aliphatic heterocycles. The summed E-state index contributed by atoms with van der Waals surface area (Å²) in [5.74, 6) is -1.36. The van der Waals surface area contributed by atoms with Gasteiger partial charge in [0.2, 0.25) is 10.0 Å². The number of rotatable bonds is 9. The van der Waals surface area contributed by atoms with Crippen LogP contribution in [0.2, 0.25) is 0 Å². The number of amides is 1. The van der Waals surface area contributed by atoms with E-state index in [1.165, 1.54) is 12.1 Å². The fourth-order valence-electron chi connectivity index (χ4n) is 4.94. The van der Waals surface area contributed by atoms with Crippen LogP contribution in [0, 0.1) is 5.92 Å². The van der Waals surface area contributed by atoms with Crippen molar-refractivity contribution in [3.63, 3.8) is 0 Å². The zero-order valence-electron chi connectivity index (χ0n) is 23.9. The van der Waals surface area contributed by atoms with Gasteiger partial charge in [0.15, 0.2) is 11.6 Å². The highest BCUT2D eigenvalue weighted by Crippen LogP contribution is 2.45. The zero-order chi connectivity index (χ0) is 31.0. The van der Waals surface area contributed by atoms with Crippen LogP contribution < -0.4 is 15.4 Å². The number of carbonyl (C=O) groups is 2. The molecule has 4 N–H and O–H groups in total. The zero-order valence-corrected chi connectivity index (χ0v) is 25.5. The van der Waals surface area contributed by atoms with Crippen molar-refractivity contribution < 1.29 is 36.3 Å². The third-order valence-corrected chi connectivity index (χ3v) is 8.79. The third-order valence-electron chi connectivity index (χ3n) is 6.87. The molecule has 2 aromatic rings. The van der Waals surface area contributed by atoms with Gasteiger partial charge in [-0.25, -0.2) is 13.2 Å². The smallest absolute Gasteiger partial charge is 0.407 e. The van der Waals surface area contributed by atoms with Gasteiger partial charge in [0.05, 0.1) is 17.4 Å². The molecule has 1 heterocycles. The number of Topliss-reactive ketones (excluding diaryl/α,β-unsaturated/α-hetero) is 1. The molecule has 226 valence electrons. The number of hydrogen-bond donors (Lipinski definition) is 4. The number of amidine groups is 1. The normalized spacial score (nSPS) is 19.5. The van der Waals surface area contributed by atoms with Gasteiger partial charge in [-0.15, -0.1) is 4.40 Å². The van der Waals surface area contributed by atoms with Gasteiger partial charge in [0.1, 0.15) is 22.8 Å². The molecule has 12 nitrogen and oxygen atoms in total. The molecule has 14 heteroatoms. The van der Waals surface area contributed by atoms with Crippen LogP contribution >= 0.6 is 0 Å². The van der Waals surface area contributed by atoms with E-state index >= 15 is 0 Å². The molecule has 0 radical (unpaired) electrons. The molecule has 1 atom stereocenters. The number of fused-ring (bicyclic) bond motifs is 2. The monoisotopic (exact) mass is 618 g/mol. The first-order valence-electron chi connectivity index (χ1n) is 13.3. The third kappa shape index (κ3) is 6.28. The van der Waals surface area contributed by atoms with Crippen LogP contribution in [0.5, 0.6) is 0 Å². The first kappa shape index (κ1) is 31.0. The van der Waals surface area contributed by atoms with Gasteiger partial charge in [-0.1, -0.05) is 38.1 Å². The van der Waals surface area contributed by atoms with Gasteiger partial charge in [-0.3, -0.25) is 9.52 Å². The van der Waals surface area contributed by atoms with Crippen LogP contribution in [0.3, 0.4) is 0 Å². The molecular weight excluding hydrogens is 584 g/mol. The minimum Gasteiger partial charge on any atom is -0.506 e. The van der Waals surface area contributed by atoms with Gasteiger partial charge in [0.25, 0.3) is 10.0 Å². The number of ketones is 1. The Bertz CT molecular complexity index is 1710. The average molecular weight is 619 g/mol. The maximum Gasteiger partial charge on any atom is 0.407 e. The van der Waals surface area contributed by atoms with E-state index in [-0.39, 0.29) is 52.4 Å². The molecule has 1 amide bonds. The number of benzene rings is 2. The van der Waals surface area contributed by atoms with Crippen molar-refractivity contribution in [1.82, 2.24) is 5.32 Å². The summed E-state index contributed by atoms with van der Waals surface area (Å²) >= 11 is 0. The standard InChI is InChI=1S/C28H34N4O8S2/c1-16(2)12-13-28(15-40-27(35)29-17(3)4)20-9-7-6-8-19(20)24(33)23(25(28)34)26-30-21-11-10-18(31-41(5,36)37)14-22(21)42(38,39)32-26/h6-11,14,16-17,31,33H,12-13,15H2,1-5H3,(H,29,35)(H,30,32). The number of anilines is 2. The second-order valence-electron chi connectivity index (χ2n) is 11.1. The number of nitrogens with zero attached hydrogens (tertiary/aromatic N) is 1. The van der Waals surface area contributed by atoms with Crippen LogP contribution in [0.25, 0.3) is 5.76 Å². The van der Waals surface area contributed by atoms with E-state index in [1.54, 1.807) is 38.1 Å². The van der Waals surface area contributed by atoms with Crippen LogP contribution in [-0.2, 0) is 35.0 Å². The van der Waals surface area contributed by atoms with Crippen molar-refractivity contribution in [1.29, 1.82) is 0 Å². The minimum absolute atomic E-state index is 0.00883. The number of aliphatic hydroxyl groups is 1. The van der Waals surface area contributed by atoms with Crippen LogP contribution in [0.1, 0.15) is 51.7 Å². The summed E-state index contributed by atoms with van der Waals surface area (Å²) in [4.78, 5) is 26.7. The van der Waals surface area contributed by atoms with E-state index in [2.05, 4.69) is 19.8 Å². The van der Waals surface area contributed by atoms with Gasteiger partial charge < -0.3 is 20.5 Å². The predicted octanol–water partition coefficient (Wildman–Crippen LogP) is 3.93. The Morgan fingerprint density at radius 1 is 1.14 bits per heavy atom. The quantitative estimate of drug-likeness (QED) is 0.324. The van der Waals surface area contributed by atoms with E-state index in [0.29, 0.717) is 12.0 Å². The number of nitrogens with one attached hydrogen (secondary N) is 3. The molecule has 0 saturated carbocycles. The molecule has 2 aliphatic rings. The van der Waals surface area contributed by atoms with E-state index < -0.39 is 48.9 Å². The Morgan fingerprint density at radius 2 is 1.83 bits per heavy atom. The van der Waals surface area contributed by atoms with Crippen molar-refractivity contribution >= 4 is 54.9 Å². The lowest BCUT2D eigenvalue weighted by molar-refractivity contribution is -0.122. The van der Waals surface area contributed by atoms with Crippen LogP contribution in [-0.4, -0.2) is 58.6 Å². The first-order valence-corrected chi connectivity index (χ1v) is 16.6. The number of sulfonamides is 2. The molecule has 42 heavy (non-hydrogen) atoms. The maximum atomic E-state index is 14.5.